The number of carbonyl (C=O) groups excluding carboxylic acids is 1. The fraction of sp³-hybridized carbons (Fsp3) is 0.800. The van der Waals surface area contributed by atoms with E-state index < -0.39 is 15.3 Å². The van der Waals surface area contributed by atoms with Gasteiger partial charge in [-0.1, -0.05) is 0 Å². The van der Waals surface area contributed by atoms with Crippen LogP contribution in [0.2, 0.25) is 0 Å². The van der Waals surface area contributed by atoms with Gasteiger partial charge in [0.15, 0.2) is 5.25 Å². The van der Waals surface area contributed by atoms with Crippen molar-refractivity contribution in [3.05, 3.63) is 0 Å². The van der Waals surface area contributed by atoms with Crippen molar-refractivity contribution in [1.29, 1.82) is 5.26 Å². The molecule has 0 aliphatic carbocycles. The fourth-order valence-electron chi connectivity index (χ4n) is 1.88. The molecule has 6 nitrogen and oxygen atoms in total. The molecule has 1 N–H and O–H groups in total. The Balaban J connectivity index is 2.81. The van der Waals surface area contributed by atoms with Crippen molar-refractivity contribution in [3.8, 4) is 6.07 Å². The van der Waals surface area contributed by atoms with Gasteiger partial charge in [0, 0.05) is 20.1 Å². The summed E-state index contributed by atoms with van der Waals surface area (Å²) in [4.78, 5) is 11.5. The summed E-state index contributed by atoms with van der Waals surface area (Å²) in [6, 6.07) is 1.73. The van der Waals surface area contributed by atoms with Crippen LogP contribution >= 0.6 is 0 Å². The molecular weight excluding hydrogens is 242 g/mol. The van der Waals surface area contributed by atoms with E-state index in [1.807, 2.05) is 0 Å². The quantitative estimate of drug-likeness (QED) is 0.752. The van der Waals surface area contributed by atoms with E-state index in [9.17, 15) is 13.2 Å². The second-order valence-corrected chi connectivity index (χ2v) is 6.38. The summed E-state index contributed by atoms with van der Waals surface area (Å²) in [5, 5.41) is 10.1. The van der Waals surface area contributed by atoms with E-state index in [4.69, 9.17) is 5.26 Å². The first-order valence-corrected chi connectivity index (χ1v) is 7.04. The topological polar surface area (TPSA) is 90.3 Å². The normalized spacial score (nSPS) is 23.7. The smallest absolute Gasteiger partial charge is 0.230 e. The van der Waals surface area contributed by atoms with Gasteiger partial charge < -0.3 is 5.32 Å². The first-order chi connectivity index (χ1) is 7.93. The summed E-state index contributed by atoms with van der Waals surface area (Å²) in [6.07, 6.45) is 1.34. The van der Waals surface area contributed by atoms with Gasteiger partial charge in [0.25, 0.3) is 0 Å². The lowest BCUT2D eigenvalue weighted by atomic mass is 9.99. The number of nitriles is 1. The summed E-state index contributed by atoms with van der Waals surface area (Å²) in [7, 11) is -2.06. The van der Waals surface area contributed by atoms with Crippen molar-refractivity contribution in [1.82, 2.24) is 9.62 Å². The summed E-state index contributed by atoms with van der Waals surface area (Å²) < 4.78 is 25.1. The van der Waals surface area contributed by atoms with Crippen molar-refractivity contribution in [2.24, 2.45) is 5.92 Å². The number of carbonyl (C=O) groups is 1. The molecule has 17 heavy (non-hydrogen) atoms. The lowest BCUT2D eigenvalue weighted by molar-refractivity contribution is -0.125. The Labute approximate surface area is 102 Å². The molecule has 2 unspecified atom stereocenters. The number of nitrogens with zero attached hydrogens (tertiary/aromatic N) is 2. The number of hydrogen-bond donors (Lipinski definition) is 1. The molecule has 0 aromatic carbocycles. The van der Waals surface area contributed by atoms with E-state index >= 15 is 0 Å². The van der Waals surface area contributed by atoms with E-state index in [0.29, 0.717) is 19.4 Å². The first-order valence-electron chi connectivity index (χ1n) is 5.53. The van der Waals surface area contributed by atoms with Gasteiger partial charge in [-0.25, -0.2) is 8.42 Å². The fourth-order valence-corrected chi connectivity index (χ4v) is 3.23. The monoisotopic (exact) mass is 259 g/mol. The van der Waals surface area contributed by atoms with Crippen LogP contribution in [0.5, 0.6) is 0 Å². The largest absolute Gasteiger partial charge is 0.359 e. The molecule has 2 atom stereocenters. The van der Waals surface area contributed by atoms with E-state index in [0.717, 1.165) is 0 Å². The molecule has 7 heteroatoms. The minimum atomic E-state index is -3.59. The van der Waals surface area contributed by atoms with Crippen LogP contribution in [-0.4, -0.2) is 44.0 Å². The molecule has 0 bridgehead atoms. The van der Waals surface area contributed by atoms with Gasteiger partial charge in [0.2, 0.25) is 15.9 Å². The zero-order valence-electron chi connectivity index (χ0n) is 10.0. The Bertz CT molecular complexity index is 427. The Kier molecular flexibility index (Phi) is 4.48. The summed E-state index contributed by atoms with van der Waals surface area (Å²) >= 11 is 0. The third-order valence-corrected chi connectivity index (χ3v) is 5.04. The standard InChI is InChI=1S/C10H17N3O3S/c1-8(6-11)17(15,16)13-5-3-4-9(7-13)10(14)12-2/h8-9H,3-5,7H2,1-2H3,(H,12,14). The Hall–Kier alpha value is -1.13. The lowest BCUT2D eigenvalue weighted by Crippen LogP contribution is -2.47. The number of nitrogens with one attached hydrogen (secondary N) is 1. The van der Waals surface area contributed by atoms with E-state index in [-0.39, 0.29) is 18.4 Å². The Morgan fingerprint density at radius 3 is 2.76 bits per heavy atom. The van der Waals surface area contributed by atoms with Crippen LogP contribution in [0.25, 0.3) is 0 Å². The minimum absolute atomic E-state index is 0.144. The molecule has 1 heterocycles. The van der Waals surface area contributed by atoms with Crippen molar-refractivity contribution in [2.75, 3.05) is 20.1 Å². The molecule has 0 radical (unpaired) electrons. The van der Waals surface area contributed by atoms with E-state index in [1.54, 1.807) is 6.07 Å². The van der Waals surface area contributed by atoms with E-state index in [1.165, 1.54) is 18.3 Å². The molecule has 1 rings (SSSR count). The number of sulfonamides is 1. The number of hydrogen-bond acceptors (Lipinski definition) is 4. The average molecular weight is 259 g/mol. The molecule has 0 spiro atoms. The zero-order chi connectivity index (χ0) is 13.1. The Morgan fingerprint density at radius 2 is 2.24 bits per heavy atom. The van der Waals surface area contributed by atoms with E-state index in [2.05, 4.69) is 5.32 Å². The molecule has 1 aliphatic rings. The van der Waals surface area contributed by atoms with Gasteiger partial charge in [0.1, 0.15) is 0 Å². The van der Waals surface area contributed by atoms with Crippen LogP contribution in [0.4, 0.5) is 0 Å². The van der Waals surface area contributed by atoms with Crippen LogP contribution < -0.4 is 5.32 Å². The van der Waals surface area contributed by atoms with Crippen LogP contribution in [-0.2, 0) is 14.8 Å². The molecule has 1 saturated heterocycles. The predicted octanol–water partition coefficient (Wildman–Crippen LogP) is -0.314. The van der Waals surface area contributed by atoms with Gasteiger partial charge in [-0.3, -0.25) is 4.79 Å². The minimum Gasteiger partial charge on any atom is -0.359 e. The summed E-state index contributed by atoms with van der Waals surface area (Å²) in [5.74, 6) is -0.455. The molecule has 1 aliphatic heterocycles. The molecule has 1 fully saturated rings. The highest BCUT2D eigenvalue weighted by Gasteiger charge is 2.34. The van der Waals surface area contributed by atoms with Crippen LogP contribution in [0.1, 0.15) is 19.8 Å². The lowest BCUT2D eigenvalue weighted by Gasteiger charge is -2.31. The maximum Gasteiger partial charge on any atom is 0.230 e. The van der Waals surface area contributed by atoms with Gasteiger partial charge in [-0.05, 0) is 19.8 Å². The third-order valence-electron chi connectivity index (χ3n) is 2.99. The van der Waals surface area contributed by atoms with Crippen molar-refractivity contribution >= 4 is 15.9 Å². The van der Waals surface area contributed by atoms with Crippen LogP contribution in [0.3, 0.4) is 0 Å². The second-order valence-electron chi connectivity index (χ2n) is 4.13. The van der Waals surface area contributed by atoms with Gasteiger partial charge in [-0.15, -0.1) is 0 Å². The maximum atomic E-state index is 11.9. The number of amides is 1. The third kappa shape index (κ3) is 2.96. The van der Waals surface area contributed by atoms with Crippen molar-refractivity contribution in [3.63, 3.8) is 0 Å². The van der Waals surface area contributed by atoms with Crippen molar-refractivity contribution in [2.45, 2.75) is 25.0 Å². The van der Waals surface area contributed by atoms with Gasteiger partial charge in [0.05, 0.1) is 12.0 Å². The molecular formula is C10H17N3O3S. The zero-order valence-corrected chi connectivity index (χ0v) is 10.8. The van der Waals surface area contributed by atoms with Crippen LogP contribution in [0.15, 0.2) is 0 Å². The molecule has 1 amide bonds. The Morgan fingerprint density at radius 1 is 1.59 bits per heavy atom. The first kappa shape index (κ1) is 13.9. The second kappa shape index (κ2) is 5.47. The average Bonchev–Trinajstić information content (AvgIpc) is 2.36. The molecule has 0 aromatic rings. The molecule has 0 saturated carbocycles. The summed E-state index contributed by atoms with van der Waals surface area (Å²) in [5.41, 5.74) is 0. The maximum absolute atomic E-state index is 11.9. The molecule has 0 aromatic heterocycles. The van der Waals surface area contributed by atoms with Crippen LogP contribution in [0, 0.1) is 17.2 Å². The van der Waals surface area contributed by atoms with Crippen molar-refractivity contribution < 1.29 is 13.2 Å². The highest BCUT2D eigenvalue weighted by molar-refractivity contribution is 7.89. The number of piperidine rings is 1. The highest BCUT2D eigenvalue weighted by atomic mass is 32.2. The summed E-state index contributed by atoms with van der Waals surface area (Å²) in [6.45, 7) is 1.93. The van der Waals surface area contributed by atoms with Gasteiger partial charge >= 0.3 is 0 Å². The number of rotatable bonds is 3. The predicted molar refractivity (Wildman–Crippen MR) is 62.4 cm³/mol. The highest BCUT2D eigenvalue weighted by Crippen LogP contribution is 2.21. The van der Waals surface area contributed by atoms with Gasteiger partial charge in [-0.2, -0.15) is 9.57 Å². The SMILES string of the molecule is CNC(=O)C1CCCN(S(=O)(=O)C(C)C#N)C1. The molecule has 96 valence electrons.